The van der Waals surface area contributed by atoms with Crippen molar-refractivity contribution in [1.29, 1.82) is 0 Å². The minimum atomic E-state index is 0.0351. The lowest BCUT2D eigenvalue weighted by Crippen LogP contribution is -2.57. The number of carbonyl (C=O) groups excluding carboxylic acids is 1. The Kier molecular flexibility index (Phi) is 6.02. The maximum absolute atomic E-state index is 12.1. The highest BCUT2D eigenvalue weighted by atomic mass is 16.5. The molecule has 0 radical (unpaired) electrons. The highest BCUT2D eigenvalue weighted by molar-refractivity contribution is 5.92. The van der Waals surface area contributed by atoms with Crippen LogP contribution in [0, 0.1) is 0 Å². The molecule has 1 heterocycles. The molecule has 116 valence electrons. The van der Waals surface area contributed by atoms with Crippen molar-refractivity contribution < 1.29 is 9.53 Å². The molecule has 0 aliphatic carbocycles. The average Bonchev–Trinajstić information content (AvgIpc) is 2.43. The fourth-order valence-electron chi connectivity index (χ4n) is 2.50. The molecule has 0 saturated carbocycles. The van der Waals surface area contributed by atoms with Gasteiger partial charge in [0.2, 0.25) is 5.91 Å². The molecule has 1 saturated heterocycles. The Morgan fingerprint density at radius 2 is 2.14 bits per heavy atom. The summed E-state index contributed by atoms with van der Waals surface area (Å²) in [5, 5.41) is 6.21. The van der Waals surface area contributed by atoms with Crippen molar-refractivity contribution in [2.24, 2.45) is 0 Å². The summed E-state index contributed by atoms with van der Waals surface area (Å²) in [5.74, 6) is 0.729. The van der Waals surface area contributed by atoms with Gasteiger partial charge in [-0.1, -0.05) is 19.1 Å². The zero-order chi connectivity index (χ0) is 15.1. The molecule has 0 bridgehead atoms. The third-order valence-corrected chi connectivity index (χ3v) is 3.79. The SMILES string of the molecule is CCCN(CCC(=O)Nc1ccccc1OC)C1CNC1. The van der Waals surface area contributed by atoms with Crippen LogP contribution in [0.15, 0.2) is 24.3 Å². The molecule has 0 aromatic heterocycles. The van der Waals surface area contributed by atoms with E-state index < -0.39 is 0 Å². The van der Waals surface area contributed by atoms with Crippen LogP contribution in [-0.2, 0) is 4.79 Å². The number of methoxy groups -OCH3 is 1. The lowest BCUT2D eigenvalue weighted by molar-refractivity contribution is -0.116. The van der Waals surface area contributed by atoms with Crippen molar-refractivity contribution in [1.82, 2.24) is 10.2 Å². The van der Waals surface area contributed by atoms with Gasteiger partial charge in [0.05, 0.1) is 12.8 Å². The number of ether oxygens (including phenoxy) is 1. The second kappa shape index (κ2) is 8.00. The Bertz CT molecular complexity index is 461. The Labute approximate surface area is 126 Å². The van der Waals surface area contributed by atoms with Crippen LogP contribution in [-0.4, -0.2) is 50.1 Å². The van der Waals surface area contributed by atoms with Crippen molar-refractivity contribution in [3.05, 3.63) is 24.3 Å². The summed E-state index contributed by atoms with van der Waals surface area (Å²) < 4.78 is 5.24. The molecule has 5 nitrogen and oxygen atoms in total. The summed E-state index contributed by atoms with van der Waals surface area (Å²) in [6, 6.07) is 8.07. The molecular weight excluding hydrogens is 266 g/mol. The molecule has 0 unspecified atom stereocenters. The first-order valence-corrected chi connectivity index (χ1v) is 7.62. The van der Waals surface area contributed by atoms with Gasteiger partial charge in [0.25, 0.3) is 0 Å². The predicted molar refractivity (Wildman–Crippen MR) is 84.8 cm³/mol. The van der Waals surface area contributed by atoms with Crippen LogP contribution in [0.4, 0.5) is 5.69 Å². The average molecular weight is 291 g/mol. The first kappa shape index (κ1) is 15.8. The first-order chi connectivity index (χ1) is 10.2. The summed E-state index contributed by atoms with van der Waals surface area (Å²) in [5.41, 5.74) is 0.734. The standard InChI is InChI=1S/C16H25N3O2/c1-3-9-19(13-11-17-12-13)10-8-16(20)18-14-6-4-5-7-15(14)21-2/h4-7,13,17H,3,8-12H2,1-2H3,(H,18,20). The number of hydrogen-bond acceptors (Lipinski definition) is 4. The van der Waals surface area contributed by atoms with Gasteiger partial charge in [-0.15, -0.1) is 0 Å². The summed E-state index contributed by atoms with van der Waals surface area (Å²) in [6.45, 7) is 6.10. The Morgan fingerprint density at radius 3 is 2.76 bits per heavy atom. The third kappa shape index (κ3) is 4.44. The van der Waals surface area contributed by atoms with Crippen LogP contribution in [0.5, 0.6) is 5.75 Å². The van der Waals surface area contributed by atoms with Crippen LogP contribution >= 0.6 is 0 Å². The van der Waals surface area contributed by atoms with E-state index in [1.165, 1.54) is 0 Å². The third-order valence-electron chi connectivity index (χ3n) is 3.79. The van der Waals surface area contributed by atoms with Crippen LogP contribution < -0.4 is 15.4 Å². The Morgan fingerprint density at radius 1 is 1.38 bits per heavy atom. The van der Waals surface area contributed by atoms with Gasteiger partial charge >= 0.3 is 0 Å². The van der Waals surface area contributed by atoms with Crippen molar-refractivity contribution in [3.8, 4) is 5.75 Å². The van der Waals surface area contributed by atoms with Gasteiger partial charge in [-0.3, -0.25) is 9.69 Å². The summed E-state index contributed by atoms with van der Waals surface area (Å²) in [6.07, 6.45) is 1.62. The Balaban J connectivity index is 1.83. The van der Waals surface area contributed by atoms with E-state index in [4.69, 9.17) is 4.74 Å². The Hall–Kier alpha value is -1.59. The maximum atomic E-state index is 12.1. The van der Waals surface area contributed by atoms with Crippen molar-refractivity contribution >= 4 is 11.6 Å². The van der Waals surface area contributed by atoms with Gasteiger partial charge in [-0.2, -0.15) is 0 Å². The highest BCUT2D eigenvalue weighted by Crippen LogP contribution is 2.23. The quantitative estimate of drug-likeness (QED) is 0.765. The van der Waals surface area contributed by atoms with Crippen molar-refractivity contribution in [2.75, 3.05) is 38.6 Å². The number of nitrogens with one attached hydrogen (secondary N) is 2. The van der Waals surface area contributed by atoms with E-state index in [0.717, 1.165) is 38.3 Å². The molecule has 2 N–H and O–H groups in total. The number of benzene rings is 1. The number of hydrogen-bond donors (Lipinski definition) is 2. The number of carbonyl (C=O) groups is 1. The minimum Gasteiger partial charge on any atom is -0.495 e. The van der Waals surface area contributed by atoms with E-state index in [1.807, 2.05) is 24.3 Å². The predicted octanol–water partition coefficient (Wildman–Crippen LogP) is 1.71. The fraction of sp³-hybridized carbons (Fsp3) is 0.562. The van der Waals surface area contributed by atoms with Crippen LogP contribution in [0.3, 0.4) is 0 Å². The molecule has 1 amide bonds. The normalized spacial score (nSPS) is 14.8. The smallest absolute Gasteiger partial charge is 0.225 e. The number of nitrogens with zero attached hydrogens (tertiary/aromatic N) is 1. The van der Waals surface area contributed by atoms with Crippen molar-refractivity contribution in [3.63, 3.8) is 0 Å². The van der Waals surface area contributed by atoms with Gasteiger partial charge in [0.15, 0.2) is 0 Å². The largest absolute Gasteiger partial charge is 0.495 e. The second-order valence-electron chi connectivity index (χ2n) is 5.35. The van der Waals surface area contributed by atoms with Gasteiger partial charge in [0.1, 0.15) is 5.75 Å². The number of rotatable bonds is 8. The molecule has 1 aromatic carbocycles. The number of para-hydroxylation sites is 2. The number of anilines is 1. The van der Waals surface area contributed by atoms with Crippen LogP contribution in [0.1, 0.15) is 19.8 Å². The highest BCUT2D eigenvalue weighted by Gasteiger charge is 2.24. The summed E-state index contributed by atoms with van der Waals surface area (Å²) in [7, 11) is 1.61. The molecular formula is C16H25N3O2. The summed E-state index contributed by atoms with van der Waals surface area (Å²) in [4.78, 5) is 14.5. The summed E-state index contributed by atoms with van der Waals surface area (Å²) >= 11 is 0. The first-order valence-electron chi connectivity index (χ1n) is 7.62. The molecule has 1 aliphatic heterocycles. The van der Waals surface area contributed by atoms with Gasteiger partial charge in [-0.05, 0) is 25.1 Å². The minimum absolute atomic E-state index is 0.0351. The van der Waals surface area contributed by atoms with Crippen molar-refractivity contribution in [2.45, 2.75) is 25.8 Å². The number of amides is 1. The van der Waals surface area contributed by atoms with E-state index in [9.17, 15) is 4.79 Å². The molecule has 0 atom stereocenters. The van der Waals surface area contributed by atoms with E-state index >= 15 is 0 Å². The van der Waals surface area contributed by atoms with E-state index in [1.54, 1.807) is 7.11 Å². The van der Waals surface area contributed by atoms with E-state index in [-0.39, 0.29) is 5.91 Å². The topological polar surface area (TPSA) is 53.6 Å². The maximum Gasteiger partial charge on any atom is 0.225 e. The second-order valence-corrected chi connectivity index (χ2v) is 5.35. The lowest BCUT2D eigenvalue weighted by atomic mass is 10.1. The zero-order valence-electron chi connectivity index (χ0n) is 12.9. The molecule has 2 rings (SSSR count). The van der Waals surface area contributed by atoms with E-state index in [0.29, 0.717) is 18.2 Å². The van der Waals surface area contributed by atoms with Gasteiger partial charge in [0, 0.05) is 32.1 Å². The molecule has 5 heteroatoms. The fourth-order valence-corrected chi connectivity index (χ4v) is 2.50. The molecule has 1 aromatic rings. The van der Waals surface area contributed by atoms with Gasteiger partial charge < -0.3 is 15.4 Å². The molecule has 1 fully saturated rings. The van der Waals surface area contributed by atoms with E-state index in [2.05, 4.69) is 22.5 Å². The zero-order valence-corrected chi connectivity index (χ0v) is 12.9. The molecule has 21 heavy (non-hydrogen) atoms. The van der Waals surface area contributed by atoms with Crippen LogP contribution in [0.2, 0.25) is 0 Å². The monoisotopic (exact) mass is 291 g/mol. The molecule has 1 aliphatic rings. The van der Waals surface area contributed by atoms with Gasteiger partial charge in [-0.25, -0.2) is 0 Å². The molecule has 0 spiro atoms. The van der Waals surface area contributed by atoms with Crippen LogP contribution in [0.25, 0.3) is 0 Å². The lowest BCUT2D eigenvalue weighted by Gasteiger charge is -2.38.